The molecule has 2 amide bonds. The first-order valence-electron chi connectivity index (χ1n) is 7.31. The number of anilines is 1. The summed E-state index contributed by atoms with van der Waals surface area (Å²) in [7, 11) is 0. The van der Waals surface area contributed by atoms with Crippen LogP contribution in [-0.2, 0) is 0 Å². The largest absolute Gasteiger partial charge is 0.336 e. The number of imidazole rings is 1. The number of nitrogens with one attached hydrogen (secondary N) is 3. The average molecular weight is 392 g/mol. The van der Waals surface area contributed by atoms with Crippen LogP contribution in [0.3, 0.4) is 0 Å². The summed E-state index contributed by atoms with van der Waals surface area (Å²) in [5, 5.41) is 5.38. The molecule has 2 heterocycles. The quantitative estimate of drug-likeness (QED) is 0.629. The van der Waals surface area contributed by atoms with Gasteiger partial charge in [0.2, 0.25) is 0 Å². The molecule has 6 nitrogen and oxygen atoms in total. The van der Waals surface area contributed by atoms with Crippen molar-refractivity contribution in [1.82, 2.24) is 20.3 Å². The van der Waals surface area contributed by atoms with E-state index in [-0.39, 0.29) is 17.6 Å². The van der Waals surface area contributed by atoms with Crippen LogP contribution in [-0.4, -0.2) is 27.0 Å². The molecular weight excluding hydrogens is 377 g/mol. The minimum Gasteiger partial charge on any atom is -0.336 e. The molecule has 0 fully saturated rings. The summed E-state index contributed by atoms with van der Waals surface area (Å²) in [5.41, 5.74) is 1.91. The van der Waals surface area contributed by atoms with Gasteiger partial charge in [-0.3, -0.25) is 0 Å². The van der Waals surface area contributed by atoms with E-state index in [1.807, 2.05) is 19.9 Å². The zero-order valence-electron chi connectivity index (χ0n) is 13.0. The van der Waals surface area contributed by atoms with Crippen LogP contribution in [0.15, 0.2) is 34.9 Å². The van der Waals surface area contributed by atoms with Crippen molar-refractivity contribution >= 4 is 38.8 Å². The van der Waals surface area contributed by atoms with E-state index in [4.69, 9.17) is 0 Å². The smallest absolute Gasteiger partial charge is 0.319 e. The lowest BCUT2D eigenvalue weighted by Gasteiger charge is -2.11. The number of pyridine rings is 1. The van der Waals surface area contributed by atoms with E-state index < -0.39 is 5.82 Å². The zero-order valence-corrected chi connectivity index (χ0v) is 14.6. The molecule has 0 unspecified atom stereocenters. The predicted octanol–water partition coefficient (Wildman–Crippen LogP) is 4.06. The fourth-order valence-electron chi connectivity index (χ4n) is 2.22. The molecule has 3 N–H and O–H groups in total. The number of hydrogen-bond acceptors (Lipinski definition) is 3. The van der Waals surface area contributed by atoms with Crippen molar-refractivity contribution in [2.45, 2.75) is 19.9 Å². The number of hydrogen-bond donors (Lipinski definition) is 3. The van der Waals surface area contributed by atoms with Crippen molar-refractivity contribution in [3.05, 3.63) is 40.8 Å². The van der Waals surface area contributed by atoms with E-state index in [0.29, 0.717) is 22.7 Å². The van der Waals surface area contributed by atoms with Gasteiger partial charge in [0, 0.05) is 22.4 Å². The molecule has 0 aliphatic heterocycles. The number of aromatic amines is 1. The lowest BCUT2D eigenvalue weighted by molar-refractivity contribution is 0.250. The fraction of sp³-hybridized carbons (Fsp3) is 0.188. The summed E-state index contributed by atoms with van der Waals surface area (Å²) in [5.74, 6) is -0.0936. The lowest BCUT2D eigenvalue weighted by Crippen LogP contribution is -2.34. The number of benzene rings is 1. The van der Waals surface area contributed by atoms with Gasteiger partial charge in [0.1, 0.15) is 11.6 Å². The number of aromatic nitrogens is 3. The predicted molar refractivity (Wildman–Crippen MR) is 94.3 cm³/mol. The van der Waals surface area contributed by atoms with Crippen LogP contribution in [0.4, 0.5) is 14.9 Å². The molecule has 0 atom stereocenters. The maximum absolute atomic E-state index is 14.2. The Morgan fingerprint density at radius 1 is 1.33 bits per heavy atom. The van der Waals surface area contributed by atoms with Gasteiger partial charge in [0.25, 0.3) is 0 Å². The highest BCUT2D eigenvalue weighted by Gasteiger charge is 2.13. The van der Waals surface area contributed by atoms with Crippen LogP contribution in [0.5, 0.6) is 0 Å². The van der Waals surface area contributed by atoms with Crippen molar-refractivity contribution in [2.75, 3.05) is 5.32 Å². The van der Waals surface area contributed by atoms with Crippen LogP contribution in [0, 0.1) is 5.82 Å². The van der Waals surface area contributed by atoms with Gasteiger partial charge in [-0.25, -0.2) is 19.2 Å². The van der Waals surface area contributed by atoms with Crippen molar-refractivity contribution in [2.24, 2.45) is 0 Å². The number of carbonyl (C=O) groups is 1. The minimum atomic E-state index is -0.442. The molecule has 0 aliphatic rings. The first kappa shape index (κ1) is 16.4. The fourth-order valence-corrected chi connectivity index (χ4v) is 2.55. The number of rotatable bonds is 3. The average Bonchev–Trinajstić information content (AvgIpc) is 2.91. The Hall–Kier alpha value is -2.48. The first-order valence-corrected chi connectivity index (χ1v) is 8.10. The Kier molecular flexibility index (Phi) is 4.48. The van der Waals surface area contributed by atoms with Crippen LogP contribution in [0.2, 0.25) is 0 Å². The highest BCUT2D eigenvalue weighted by atomic mass is 79.9. The Bertz CT molecular complexity index is 909. The Morgan fingerprint density at radius 3 is 2.88 bits per heavy atom. The van der Waals surface area contributed by atoms with Crippen LogP contribution >= 0.6 is 15.9 Å². The Labute approximate surface area is 146 Å². The first-order chi connectivity index (χ1) is 11.4. The van der Waals surface area contributed by atoms with Crippen molar-refractivity contribution in [3.8, 4) is 11.4 Å². The van der Waals surface area contributed by atoms with E-state index in [9.17, 15) is 9.18 Å². The highest BCUT2D eigenvalue weighted by molar-refractivity contribution is 9.10. The number of nitrogens with zero attached hydrogens (tertiary/aromatic N) is 2. The number of carbonyl (C=O) groups excluding carboxylic acids is 1. The Balaban J connectivity index is 1.94. The van der Waals surface area contributed by atoms with Gasteiger partial charge in [-0.05, 0) is 54.0 Å². The molecule has 8 heteroatoms. The summed E-state index contributed by atoms with van der Waals surface area (Å²) in [4.78, 5) is 23.3. The third-order valence-electron chi connectivity index (χ3n) is 3.20. The molecule has 0 saturated heterocycles. The van der Waals surface area contributed by atoms with Gasteiger partial charge < -0.3 is 15.6 Å². The molecule has 3 aromatic rings. The molecule has 1 aromatic carbocycles. The van der Waals surface area contributed by atoms with E-state index in [1.54, 1.807) is 6.20 Å². The number of fused-ring (bicyclic) bond motifs is 1. The molecule has 24 heavy (non-hydrogen) atoms. The van der Waals surface area contributed by atoms with E-state index in [0.717, 1.165) is 4.47 Å². The van der Waals surface area contributed by atoms with E-state index in [1.165, 1.54) is 18.2 Å². The SMILES string of the molecule is CC(C)NC(=O)Nc1ccc(F)c(-c2nc3ncc(Br)cc3[nH]2)c1. The van der Waals surface area contributed by atoms with Crippen LogP contribution < -0.4 is 10.6 Å². The molecule has 0 saturated carbocycles. The standard InChI is InChI=1S/C16H15BrFN5O/c1-8(2)20-16(24)21-10-3-4-12(18)11(6-10)14-22-13-5-9(17)7-19-15(13)23-14/h3-8H,1-2H3,(H,19,22,23)(H2,20,21,24). The topological polar surface area (TPSA) is 82.7 Å². The summed E-state index contributed by atoms with van der Waals surface area (Å²) in [6, 6.07) is 5.78. The summed E-state index contributed by atoms with van der Waals surface area (Å²) in [6.07, 6.45) is 1.62. The molecule has 124 valence electrons. The van der Waals surface area contributed by atoms with Gasteiger partial charge in [-0.15, -0.1) is 0 Å². The number of amides is 2. The van der Waals surface area contributed by atoms with E-state index >= 15 is 0 Å². The Morgan fingerprint density at radius 2 is 2.12 bits per heavy atom. The monoisotopic (exact) mass is 391 g/mol. The number of urea groups is 1. The normalized spacial score (nSPS) is 11.0. The van der Waals surface area contributed by atoms with Crippen molar-refractivity contribution in [3.63, 3.8) is 0 Å². The van der Waals surface area contributed by atoms with Gasteiger partial charge in [-0.1, -0.05) is 0 Å². The summed E-state index contributed by atoms with van der Waals surface area (Å²) >= 11 is 3.33. The zero-order chi connectivity index (χ0) is 17.3. The number of H-pyrrole nitrogens is 1. The summed E-state index contributed by atoms with van der Waals surface area (Å²) in [6.45, 7) is 3.71. The maximum Gasteiger partial charge on any atom is 0.319 e. The minimum absolute atomic E-state index is 0.00446. The number of halogens is 2. The third-order valence-corrected chi connectivity index (χ3v) is 3.64. The van der Waals surface area contributed by atoms with Crippen LogP contribution in [0.1, 0.15) is 13.8 Å². The van der Waals surface area contributed by atoms with Gasteiger partial charge in [0.15, 0.2) is 5.65 Å². The molecule has 0 spiro atoms. The molecular formula is C16H15BrFN5O. The molecule has 0 aliphatic carbocycles. The van der Waals surface area contributed by atoms with Crippen molar-refractivity contribution < 1.29 is 9.18 Å². The second kappa shape index (κ2) is 6.56. The van der Waals surface area contributed by atoms with Crippen LogP contribution in [0.25, 0.3) is 22.6 Å². The summed E-state index contributed by atoms with van der Waals surface area (Å²) < 4.78 is 15.0. The van der Waals surface area contributed by atoms with Gasteiger partial charge in [-0.2, -0.15) is 0 Å². The maximum atomic E-state index is 14.2. The molecule has 0 radical (unpaired) electrons. The molecule has 0 bridgehead atoms. The van der Waals surface area contributed by atoms with Crippen molar-refractivity contribution in [1.29, 1.82) is 0 Å². The lowest BCUT2D eigenvalue weighted by atomic mass is 10.2. The second-order valence-electron chi connectivity index (χ2n) is 5.56. The molecule has 3 rings (SSSR count). The second-order valence-corrected chi connectivity index (χ2v) is 6.47. The van der Waals surface area contributed by atoms with Gasteiger partial charge in [0.05, 0.1) is 11.1 Å². The van der Waals surface area contributed by atoms with Gasteiger partial charge >= 0.3 is 6.03 Å². The highest BCUT2D eigenvalue weighted by Crippen LogP contribution is 2.26. The third kappa shape index (κ3) is 3.53. The molecule has 2 aromatic heterocycles. The van der Waals surface area contributed by atoms with E-state index in [2.05, 4.69) is 41.5 Å².